The van der Waals surface area contributed by atoms with Crippen LogP contribution in [-0.2, 0) is 13.6 Å². The van der Waals surface area contributed by atoms with Crippen LogP contribution in [0.4, 0.5) is 0 Å². The number of ketones is 1. The van der Waals surface area contributed by atoms with Crippen molar-refractivity contribution in [1.29, 1.82) is 0 Å². The highest BCUT2D eigenvalue weighted by atomic mass is 35.5. The van der Waals surface area contributed by atoms with Gasteiger partial charge in [0.2, 0.25) is 0 Å². The van der Waals surface area contributed by atoms with Gasteiger partial charge in [0.15, 0.2) is 5.78 Å². The number of phosphoric ester groups is 1. The summed E-state index contributed by atoms with van der Waals surface area (Å²) in [7, 11) is -5.99. The second kappa shape index (κ2) is 9.42. The molecule has 142 valence electrons. The van der Waals surface area contributed by atoms with Gasteiger partial charge in [-0.1, -0.05) is 50.3 Å². The minimum atomic E-state index is -4.17. The zero-order valence-corrected chi connectivity index (χ0v) is 18.0. The van der Waals surface area contributed by atoms with E-state index in [1.54, 1.807) is 13.0 Å². The average molecular weight is 408 g/mol. The van der Waals surface area contributed by atoms with E-state index in [4.69, 9.17) is 16.1 Å². The third-order valence-corrected chi connectivity index (χ3v) is 6.94. The lowest BCUT2D eigenvalue weighted by molar-refractivity contribution is 0.0877. The van der Waals surface area contributed by atoms with Gasteiger partial charge in [0.25, 0.3) is 0 Å². The molecular formula is C16H27ClNO5PSi. The summed E-state index contributed by atoms with van der Waals surface area (Å²) in [4.78, 5) is 22.7. The van der Waals surface area contributed by atoms with E-state index in [1.165, 1.54) is 0 Å². The maximum absolute atomic E-state index is 13.1. The minimum absolute atomic E-state index is 0.0396. The Morgan fingerprint density at radius 2 is 1.96 bits per heavy atom. The van der Waals surface area contributed by atoms with E-state index in [9.17, 15) is 14.3 Å². The third kappa shape index (κ3) is 6.60. The zero-order chi connectivity index (χ0) is 19.3. The molecular weight excluding hydrogens is 381 g/mol. The van der Waals surface area contributed by atoms with Crippen molar-refractivity contribution in [3.8, 4) is 0 Å². The molecule has 1 aromatic rings. The predicted molar refractivity (Wildman–Crippen MR) is 104 cm³/mol. The van der Waals surface area contributed by atoms with Gasteiger partial charge in [-0.15, -0.1) is 0 Å². The molecule has 0 aliphatic heterocycles. The van der Waals surface area contributed by atoms with Crippen molar-refractivity contribution in [1.82, 2.24) is 5.32 Å². The average Bonchev–Trinajstić information content (AvgIpc) is 2.49. The van der Waals surface area contributed by atoms with Gasteiger partial charge in [0, 0.05) is 5.56 Å². The molecule has 1 rings (SSSR count). The Morgan fingerprint density at radius 3 is 2.48 bits per heavy atom. The second-order valence-corrected chi connectivity index (χ2v) is 13.5. The Hall–Kier alpha value is -0.533. The van der Waals surface area contributed by atoms with E-state index in [0.717, 1.165) is 5.19 Å². The van der Waals surface area contributed by atoms with Crippen LogP contribution in [0.5, 0.6) is 0 Å². The number of rotatable bonds is 10. The van der Waals surface area contributed by atoms with Gasteiger partial charge in [-0.05, 0) is 24.7 Å². The van der Waals surface area contributed by atoms with Gasteiger partial charge < -0.3 is 10.2 Å². The highest BCUT2D eigenvalue weighted by Gasteiger charge is 2.31. The number of nitrogens with one attached hydrogen (secondary N) is 1. The number of halogens is 1. The van der Waals surface area contributed by atoms with Gasteiger partial charge in [0.05, 0.1) is 32.4 Å². The van der Waals surface area contributed by atoms with Gasteiger partial charge >= 0.3 is 7.82 Å². The van der Waals surface area contributed by atoms with Crippen LogP contribution < -0.4 is 10.5 Å². The molecule has 1 aromatic carbocycles. The number of phosphoric acid groups is 1. The van der Waals surface area contributed by atoms with Crippen molar-refractivity contribution < 1.29 is 23.3 Å². The molecule has 0 saturated heterocycles. The SMILES string of the molecule is CCNC(COP(=O)(O)OCC)C(=O)c1c(Cl)cccc1[Si](C)(C)C. The minimum Gasteiger partial charge on any atom is -0.306 e. The number of carbonyl (C=O) groups is 1. The molecule has 0 aliphatic rings. The van der Waals surface area contributed by atoms with Crippen LogP contribution in [0.1, 0.15) is 24.2 Å². The van der Waals surface area contributed by atoms with Gasteiger partial charge in [-0.2, -0.15) is 0 Å². The molecule has 9 heteroatoms. The molecule has 0 aliphatic carbocycles. The van der Waals surface area contributed by atoms with Crippen molar-refractivity contribution in [2.45, 2.75) is 39.5 Å². The number of hydrogen-bond donors (Lipinski definition) is 2. The van der Waals surface area contributed by atoms with Crippen molar-refractivity contribution in [3.63, 3.8) is 0 Å². The first kappa shape index (κ1) is 22.5. The summed E-state index contributed by atoms with van der Waals surface area (Å²) in [5.41, 5.74) is 0.460. The van der Waals surface area contributed by atoms with E-state index in [0.29, 0.717) is 17.1 Å². The second-order valence-electron chi connectivity index (χ2n) is 6.57. The summed E-state index contributed by atoms with van der Waals surface area (Å²) in [5, 5.41) is 4.32. The molecule has 2 N–H and O–H groups in total. The molecule has 6 nitrogen and oxygen atoms in total. The van der Waals surface area contributed by atoms with Gasteiger partial charge in [0.1, 0.15) is 0 Å². The lowest BCUT2D eigenvalue weighted by Gasteiger charge is -2.24. The lowest BCUT2D eigenvalue weighted by atomic mass is 10.0. The Balaban J connectivity index is 3.14. The molecule has 0 heterocycles. The van der Waals surface area contributed by atoms with Crippen LogP contribution in [0.3, 0.4) is 0 Å². The number of hydrogen-bond acceptors (Lipinski definition) is 5. The Kier molecular flexibility index (Phi) is 8.48. The van der Waals surface area contributed by atoms with Crippen LogP contribution in [0, 0.1) is 0 Å². The molecule has 2 atom stereocenters. The van der Waals surface area contributed by atoms with E-state index in [-0.39, 0.29) is 19.0 Å². The largest absolute Gasteiger partial charge is 0.472 e. The Labute approximate surface area is 155 Å². The van der Waals surface area contributed by atoms with Crippen LogP contribution in [0.15, 0.2) is 18.2 Å². The van der Waals surface area contributed by atoms with Crippen molar-refractivity contribution in [3.05, 3.63) is 28.8 Å². The van der Waals surface area contributed by atoms with Crippen LogP contribution in [-0.4, -0.2) is 44.6 Å². The maximum Gasteiger partial charge on any atom is 0.472 e. The summed E-state index contributed by atoms with van der Waals surface area (Å²) in [6.07, 6.45) is 0. The molecule has 0 saturated carbocycles. The van der Waals surface area contributed by atoms with Crippen molar-refractivity contribution >= 4 is 38.5 Å². The van der Waals surface area contributed by atoms with Crippen LogP contribution in [0.25, 0.3) is 0 Å². The molecule has 2 unspecified atom stereocenters. The maximum atomic E-state index is 13.1. The van der Waals surface area contributed by atoms with Crippen LogP contribution >= 0.6 is 19.4 Å². The van der Waals surface area contributed by atoms with E-state index >= 15 is 0 Å². The molecule has 0 bridgehead atoms. The van der Waals surface area contributed by atoms with Gasteiger partial charge in [-0.3, -0.25) is 13.8 Å². The van der Waals surface area contributed by atoms with E-state index in [2.05, 4.69) is 29.5 Å². The molecule has 0 fully saturated rings. The van der Waals surface area contributed by atoms with Gasteiger partial charge in [-0.25, -0.2) is 4.57 Å². The molecule has 0 spiro atoms. The Morgan fingerprint density at radius 1 is 1.32 bits per heavy atom. The summed E-state index contributed by atoms with van der Waals surface area (Å²) >= 11 is 6.32. The first-order valence-corrected chi connectivity index (χ1v) is 13.6. The summed E-state index contributed by atoms with van der Waals surface area (Å²) < 4.78 is 21.4. The first-order chi connectivity index (χ1) is 11.5. The smallest absolute Gasteiger partial charge is 0.306 e. The van der Waals surface area contributed by atoms with Crippen molar-refractivity contribution in [2.24, 2.45) is 0 Å². The lowest BCUT2D eigenvalue weighted by Crippen LogP contribution is -2.47. The Bertz CT molecular complexity index is 650. The molecule has 0 aromatic heterocycles. The predicted octanol–water partition coefficient (Wildman–Crippen LogP) is 3.20. The zero-order valence-electron chi connectivity index (χ0n) is 15.3. The monoisotopic (exact) mass is 407 g/mol. The van der Waals surface area contributed by atoms with Crippen LogP contribution in [0.2, 0.25) is 24.7 Å². The quantitative estimate of drug-likeness (QED) is 0.352. The summed E-state index contributed by atoms with van der Waals surface area (Å²) in [5.74, 6) is -0.249. The van der Waals surface area contributed by atoms with E-state index in [1.807, 2.05) is 19.1 Å². The summed E-state index contributed by atoms with van der Waals surface area (Å²) in [6.45, 7) is 10.1. The molecule has 0 radical (unpaired) electrons. The van der Waals surface area contributed by atoms with E-state index < -0.39 is 21.9 Å². The fourth-order valence-corrected chi connectivity index (χ4v) is 5.11. The topological polar surface area (TPSA) is 84.9 Å². The normalized spacial score (nSPS) is 15.6. The third-order valence-electron chi connectivity index (χ3n) is 3.53. The summed E-state index contributed by atoms with van der Waals surface area (Å²) in [6, 6.07) is 4.65. The fraction of sp³-hybridized carbons (Fsp3) is 0.562. The highest BCUT2D eigenvalue weighted by Crippen LogP contribution is 2.43. The highest BCUT2D eigenvalue weighted by molar-refractivity contribution is 7.47. The first-order valence-electron chi connectivity index (χ1n) is 8.22. The number of benzene rings is 1. The number of carbonyl (C=O) groups excluding carboxylic acids is 1. The standard InChI is InChI=1S/C16H27ClNO5PSi/c1-6-18-13(11-23-24(20,21)22-7-2)16(19)15-12(17)9-8-10-14(15)25(3,4)5/h8-10,13,18H,6-7,11H2,1-5H3,(H,20,21). The molecule has 0 amide bonds. The number of likely N-dealkylation sites (N-methyl/N-ethyl adjacent to an activating group) is 1. The van der Waals surface area contributed by atoms with Crippen molar-refractivity contribution in [2.75, 3.05) is 19.8 Å². The number of Topliss-reactive ketones (excluding diaryl/α,β-unsaturated/α-hetero) is 1. The fourth-order valence-electron chi connectivity index (χ4n) is 2.42. The molecule has 25 heavy (non-hydrogen) atoms.